The van der Waals surface area contributed by atoms with E-state index in [2.05, 4.69) is 0 Å². The van der Waals surface area contributed by atoms with Crippen molar-refractivity contribution in [2.24, 2.45) is 0 Å². The molecule has 0 aliphatic carbocycles. The molecule has 0 aliphatic heterocycles. The van der Waals surface area contributed by atoms with Crippen LogP contribution in [-0.2, 0) is 21.1 Å². The van der Waals surface area contributed by atoms with Gasteiger partial charge in [0.1, 0.15) is 22.6 Å². The molecule has 1 aromatic heterocycles. The minimum absolute atomic E-state index is 0.0625. The minimum Gasteiger partial charge on any atom is -0.386 e. The van der Waals surface area contributed by atoms with E-state index in [9.17, 15) is 31.5 Å². The Hall–Kier alpha value is -1.91. The predicted octanol–water partition coefficient (Wildman–Crippen LogP) is 2.76. The van der Waals surface area contributed by atoms with Gasteiger partial charge in [0, 0.05) is 16.0 Å². The summed E-state index contributed by atoms with van der Waals surface area (Å²) in [5.74, 6) is -1.58. The third kappa shape index (κ3) is 6.32. The first-order chi connectivity index (χ1) is 13.1. The number of thiophene rings is 1. The predicted molar refractivity (Wildman–Crippen MR) is 102 cm³/mol. The van der Waals surface area contributed by atoms with Gasteiger partial charge in [0.25, 0.3) is 5.91 Å². The zero-order valence-electron chi connectivity index (χ0n) is 14.9. The third-order valence-electron chi connectivity index (χ3n) is 3.99. The van der Waals surface area contributed by atoms with Crippen LogP contribution in [0.3, 0.4) is 0 Å². The van der Waals surface area contributed by atoms with E-state index < -0.39 is 41.0 Å². The van der Waals surface area contributed by atoms with Crippen molar-refractivity contribution in [1.29, 1.82) is 0 Å². The van der Waals surface area contributed by atoms with Gasteiger partial charge < -0.3 is 10.4 Å². The van der Waals surface area contributed by atoms with Crippen LogP contribution in [0, 0.1) is 0 Å². The summed E-state index contributed by atoms with van der Waals surface area (Å²) in [4.78, 5) is 12.8. The minimum atomic E-state index is -3.29. The summed E-state index contributed by atoms with van der Waals surface area (Å²) in [6.45, 7) is -1.20. The zero-order valence-corrected chi connectivity index (χ0v) is 16.6. The van der Waals surface area contributed by atoms with E-state index in [1.54, 1.807) is 17.4 Å². The molecule has 28 heavy (non-hydrogen) atoms. The quantitative estimate of drug-likeness (QED) is 0.635. The van der Waals surface area contributed by atoms with Gasteiger partial charge in [0.2, 0.25) is 0 Å². The van der Waals surface area contributed by atoms with Crippen LogP contribution in [0.4, 0.5) is 13.2 Å². The molecule has 0 spiro atoms. The normalized spacial score (nSPS) is 14.1. The van der Waals surface area contributed by atoms with Gasteiger partial charge in [-0.25, -0.2) is 12.8 Å². The molecule has 1 aromatic carbocycles. The topological polar surface area (TPSA) is 83.5 Å². The van der Waals surface area contributed by atoms with Crippen molar-refractivity contribution < 1.29 is 31.5 Å². The van der Waals surface area contributed by atoms with Crippen LogP contribution in [-0.4, -0.2) is 50.6 Å². The molecule has 10 heteroatoms. The number of rotatable bonds is 9. The zero-order chi connectivity index (χ0) is 20.9. The van der Waals surface area contributed by atoms with Crippen molar-refractivity contribution in [2.75, 3.05) is 18.7 Å². The lowest BCUT2D eigenvalue weighted by Gasteiger charge is -2.21. The Morgan fingerprint density at radius 3 is 2.36 bits per heavy atom. The highest BCUT2D eigenvalue weighted by atomic mass is 32.2. The molecule has 0 saturated carbocycles. The number of halogens is 3. The number of carbonyl (C=O) groups excluding carboxylic acids is 1. The van der Waals surface area contributed by atoms with Crippen LogP contribution in [0.15, 0.2) is 36.4 Å². The van der Waals surface area contributed by atoms with Gasteiger partial charge in [-0.05, 0) is 29.7 Å². The third-order valence-corrected chi connectivity index (χ3v) is 6.13. The van der Waals surface area contributed by atoms with Crippen molar-refractivity contribution in [3.05, 3.63) is 46.8 Å². The molecule has 0 saturated heterocycles. The number of aryl methyl sites for hydroxylation is 1. The fourth-order valence-corrected chi connectivity index (χ4v) is 4.21. The Morgan fingerprint density at radius 2 is 1.82 bits per heavy atom. The smallest absolute Gasteiger partial charge is 0.315 e. The van der Waals surface area contributed by atoms with E-state index in [0.29, 0.717) is 6.42 Å². The summed E-state index contributed by atoms with van der Waals surface area (Å²) in [6, 6.07) is 8.61. The number of nitrogens with one attached hydrogen (secondary N) is 1. The number of alkyl halides is 3. The number of hydrogen-bond donors (Lipinski definition) is 2. The molecule has 0 radical (unpaired) electrons. The first-order valence-electron chi connectivity index (χ1n) is 8.30. The van der Waals surface area contributed by atoms with Crippen LogP contribution in [0.5, 0.6) is 0 Å². The van der Waals surface area contributed by atoms with Crippen LogP contribution in [0.2, 0.25) is 0 Å². The SMILES string of the molecule is CS(=O)(=O)CCc1ccc(-c2ccc(C(O)C(CF)NC(=O)C(F)F)cc2)s1. The Bertz CT molecular complexity index is 898. The van der Waals surface area contributed by atoms with Crippen molar-refractivity contribution >= 4 is 27.1 Å². The molecule has 2 aromatic rings. The second-order valence-corrected chi connectivity index (χ2v) is 9.71. The highest BCUT2D eigenvalue weighted by Crippen LogP contribution is 2.30. The van der Waals surface area contributed by atoms with E-state index in [-0.39, 0.29) is 11.3 Å². The first kappa shape index (κ1) is 22.4. The van der Waals surface area contributed by atoms with Gasteiger partial charge in [-0.1, -0.05) is 24.3 Å². The molecule has 0 bridgehead atoms. The van der Waals surface area contributed by atoms with E-state index in [1.807, 2.05) is 12.1 Å². The molecule has 1 heterocycles. The molecule has 2 atom stereocenters. The Kier molecular flexibility index (Phi) is 7.62. The average molecular weight is 435 g/mol. The number of amides is 1. The Labute approximate surface area is 165 Å². The molecule has 154 valence electrons. The molecule has 2 N–H and O–H groups in total. The van der Waals surface area contributed by atoms with Gasteiger partial charge in [0.15, 0.2) is 0 Å². The van der Waals surface area contributed by atoms with Crippen LogP contribution in [0.25, 0.3) is 10.4 Å². The van der Waals surface area contributed by atoms with Crippen molar-refractivity contribution in [3.63, 3.8) is 0 Å². The number of benzene rings is 1. The van der Waals surface area contributed by atoms with Crippen molar-refractivity contribution in [2.45, 2.75) is 25.0 Å². The molecule has 5 nitrogen and oxygen atoms in total. The number of aliphatic hydroxyl groups excluding tert-OH is 1. The van der Waals surface area contributed by atoms with Crippen LogP contribution < -0.4 is 5.32 Å². The maximum Gasteiger partial charge on any atom is 0.315 e. The Balaban J connectivity index is 2.08. The summed E-state index contributed by atoms with van der Waals surface area (Å²) in [5, 5.41) is 11.9. The Morgan fingerprint density at radius 1 is 1.18 bits per heavy atom. The molecule has 2 rings (SSSR count). The summed E-state index contributed by atoms with van der Waals surface area (Å²) >= 11 is 1.44. The standard InChI is InChI=1S/C18H20F3NO4S2/c1-28(25,26)9-8-13-6-7-15(27-13)11-2-4-12(5-3-11)16(23)14(10-19)22-18(24)17(20)21/h2-7,14,16-17,23H,8-10H2,1H3,(H,22,24). The van der Waals surface area contributed by atoms with E-state index >= 15 is 0 Å². The van der Waals surface area contributed by atoms with Gasteiger partial charge in [0.05, 0.1) is 11.8 Å². The maximum absolute atomic E-state index is 13.1. The summed E-state index contributed by atoms with van der Waals surface area (Å²) < 4.78 is 60.2. The van der Waals surface area contributed by atoms with Gasteiger partial charge in [-0.2, -0.15) is 8.78 Å². The number of carbonyl (C=O) groups is 1. The summed E-state index contributed by atoms with van der Waals surface area (Å²) in [7, 11) is -3.05. The van der Waals surface area contributed by atoms with Crippen molar-refractivity contribution in [3.8, 4) is 10.4 Å². The van der Waals surface area contributed by atoms with E-state index in [0.717, 1.165) is 15.3 Å². The van der Waals surface area contributed by atoms with E-state index in [1.165, 1.54) is 29.7 Å². The summed E-state index contributed by atoms with van der Waals surface area (Å²) in [5.41, 5.74) is 1.08. The molecular weight excluding hydrogens is 415 g/mol. The van der Waals surface area contributed by atoms with Crippen LogP contribution in [0.1, 0.15) is 16.5 Å². The number of hydrogen-bond acceptors (Lipinski definition) is 5. The van der Waals surface area contributed by atoms with Crippen molar-refractivity contribution in [1.82, 2.24) is 5.32 Å². The monoisotopic (exact) mass is 435 g/mol. The van der Waals surface area contributed by atoms with Gasteiger partial charge >= 0.3 is 6.43 Å². The maximum atomic E-state index is 13.1. The first-order valence-corrected chi connectivity index (χ1v) is 11.2. The molecule has 0 aliphatic rings. The molecular formula is C18H20F3NO4S2. The lowest BCUT2D eigenvalue weighted by Crippen LogP contribution is -2.43. The van der Waals surface area contributed by atoms with E-state index in [4.69, 9.17) is 0 Å². The second-order valence-electron chi connectivity index (χ2n) is 6.28. The number of sulfone groups is 1. The fourth-order valence-electron chi connectivity index (χ4n) is 2.48. The summed E-state index contributed by atoms with van der Waals surface area (Å²) in [6.07, 6.45) is -3.17. The molecule has 0 fully saturated rings. The highest BCUT2D eigenvalue weighted by Gasteiger charge is 2.26. The van der Waals surface area contributed by atoms with Crippen LogP contribution >= 0.6 is 11.3 Å². The largest absolute Gasteiger partial charge is 0.386 e. The fraction of sp³-hybridized carbons (Fsp3) is 0.389. The van der Waals surface area contributed by atoms with Gasteiger partial charge in [-0.15, -0.1) is 11.3 Å². The average Bonchev–Trinajstić information content (AvgIpc) is 3.12. The van der Waals surface area contributed by atoms with Gasteiger partial charge in [-0.3, -0.25) is 4.79 Å². The molecule has 2 unspecified atom stereocenters. The highest BCUT2D eigenvalue weighted by molar-refractivity contribution is 7.90. The lowest BCUT2D eigenvalue weighted by atomic mass is 10.0. The molecule has 1 amide bonds. The second kappa shape index (κ2) is 9.53. The lowest BCUT2D eigenvalue weighted by molar-refractivity contribution is -0.133. The number of aliphatic hydroxyl groups is 1.